The maximum Gasteiger partial charge on any atom is 0.394 e. The highest BCUT2D eigenvalue weighted by Crippen LogP contribution is 2.49. The average Bonchev–Trinajstić information content (AvgIpc) is 3.69. The van der Waals surface area contributed by atoms with E-state index in [9.17, 15) is 13.2 Å². The quantitative estimate of drug-likeness (QED) is 0.263. The molecule has 0 bridgehead atoms. The number of alkyl halides is 3. The van der Waals surface area contributed by atoms with Crippen molar-refractivity contribution in [3.8, 4) is 0 Å². The van der Waals surface area contributed by atoms with Crippen LogP contribution in [0.4, 0.5) is 13.2 Å². The molecule has 0 aromatic rings. The summed E-state index contributed by atoms with van der Waals surface area (Å²) >= 11 is 0. The van der Waals surface area contributed by atoms with E-state index < -0.39 is 11.6 Å². The van der Waals surface area contributed by atoms with Gasteiger partial charge in [0, 0.05) is 0 Å². The van der Waals surface area contributed by atoms with Gasteiger partial charge in [-0.25, -0.2) is 0 Å². The molecule has 0 radical (unpaired) electrons. The lowest BCUT2D eigenvalue weighted by molar-refractivity contribution is -0.229. The minimum Gasteiger partial charge on any atom is -0.171 e. The highest BCUT2D eigenvalue weighted by molar-refractivity contribution is 4.86. The Morgan fingerprint density at radius 3 is 0.667 bits per heavy atom. The molecule has 0 aromatic carbocycles. The Labute approximate surface area is 558 Å². The third-order valence-corrected chi connectivity index (χ3v) is 17.1. The highest BCUT2D eigenvalue weighted by atomic mass is 19.4. The zero-order valence-corrected chi connectivity index (χ0v) is 68.4. The molecule has 7 aliphatic rings. The maximum atomic E-state index is 12.5. The first kappa shape index (κ1) is 106. The summed E-state index contributed by atoms with van der Waals surface area (Å²) in [7, 11) is 0. The molecule has 0 N–H and O–H groups in total. The van der Waals surface area contributed by atoms with Crippen LogP contribution in [-0.2, 0) is 0 Å². The van der Waals surface area contributed by atoms with Crippen molar-refractivity contribution in [3.05, 3.63) is 0 Å². The van der Waals surface area contributed by atoms with Gasteiger partial charge in [0.15, 0.2) is 0 Å². The molecule has 7 aliphatic carbocycles. The van der Waals surface area contributed by atoms with Crippen LogP contribution in [0, 0.1) is 80.8 Å². The SMILES string of the molecule is CC.CC.CC.CC(C)(C)C.CC(C)C.CC1CC1.CC1CCC(C)(C(F)(F)F)CC1.CC1CCC(C)(C)CC1.CC1CCCC1.CC1CCCCC1.CCC.CCC(C)(C)C.CCC(C)C.CCC(C)C.CCC1CCCC1.CCC1CCCCC1. The average molecular weight is 1250 g/mol. The molecule has 0 aliphatic heterocycles. The summed E-state index contributed by atoms with van der Waals surface area (Å²) in [6.45, 7) is 75.8. The Kier molecular flexibility index (Phi) is 85.1. The molecule has 0 unspecified atom stereocenters. The number of hydrogen-bond acceptors (Lipinski definition) is 0. The monoisotopic (exact) mass is 1250 g/mol. The molecule has 7 fully saturated rings. The second-order valence-electron chi connectivity index (χ2n) is 32.8. The fraction of sp³-hybridized carbons (Fsp3) is 1.00. The minimum atomic E-state index is -4.01. The maximum absolute atomic E-state index is 12.5. The molecule has 0 saturated heterocycles. The predicted molar refractivity (Wildman–Crippen MR) is 406 cm³/mol. The summed E-state index contributed by atoms with van der Waals surface area (Å²) in [5, 5.41) is 0. The third kappa shape index (κ3) is 102. The smallest absolute Gasteiger partial charge is 0.171 e. The lowest BCUT2D eigenvalue weighted by Gasteiger charge is -2.37. The standard InChI is InChI=1S/C9H15F3.C9H18.C8H16.2C7H14.C6H12.C6H14.3C5H12.C4H8.C4H10.C3H8.3C2H6/c1-7-3-5-8(2,6-4-7)9(10,11)12;1-8-4-6-9(2,3)7-5-8;1-2-8-6-4-3-5-7-8;1-7-5-3-2-4-6-7;1-2-7-5-3-4-6-7;1-6-4-2-3-5-6;1-5-6(2,3)4;1-5(2,3)4;2*1-4-5(2)3;1-4-2-3-4;1-4(2)3;1-3-2;3*1-2/h7H,3-6H2,1-2H3;8H,4-7H2,1-3H3;8H,2-7H2,1H3;2*7H,2-6H2,1H3;6H,2-5H2,1H3;5H2,1-4H3;1-4H3;2*5H,4H2,1-3H3;4H,2-3H2,1H3;4H,1-3H3;3H2,1-2H3;3*1-2H3. The zero-order valence-electron chi connectivity index (χ0n) is 68.4. The first-order valence-corrected chi connectivity index (χ1v) is 39.3. The molecular formula is C84H183F3. The topological polar surface area (TPSA) is 0 Å². The van der Waals surface area contributed by atoms with Crippen molar-refractivity contribution < 1.29 is 13.2 Å². The molecule has 7 rings (SSSR count). The summed E-state index contributed by atoms with van der Waals surface area (Å²) in [5.41, 5.74) is 0.298. The molecule has 87 heavy (non-hydrogen) atoms. The van der Waals surface area contributed by atoms with Crippen LogP contribution in [0.25, 0.3) is 0 Å². The Morgan fingerprint density at radius 2 is 0.540 bits per heavy atom. The minimum absolute atomic E-state index is 0.303. The van der Waals surface area contributed by atoms with Crippen molar-refractivity contribution in [2.75, 3.05) is 0 Å². The first-order valence-electron chi connectivity index (χ1n) is 39.3. The summed E-state index contributed by atoms with van der Waals surface area (Å²) in [5.74, 6) is 9.42. The fourth-order valence-corrected chi connectivity index (χ4v) is 8.84. The lowest BCUT2D eigenvalue weighted by atomic mass is 9.72. The number of halogens is 3. The molecule has 0 amide bonds. The van der Waals surface area contributed by atoms with E-state index in [1.54, 1.807) is 0 Å². The van der Waals surface area contributed by atoms with E-state index in [1.165, 1.54) is 200 Å². The summed E-state index contributed by atoms with van der Waals surface area (Å²) in [6.07, 6.45) is 41.7. The third-order valence-electron chi connectivity index (χ3n) is 17.1. The molecular weight excluding hydrogens is 1070 g/mol. The second kappa shape index (κ2) is 70.1. The molecule has 0 heterocycles. The van der Waals surface area contributed by atoms with Crippen molar-refractivity contribution >= 4 is 0 Å². The second-order valence-corrected chi connectivity index (χ2v) is 32.8. The molecule has 3 heteroatoms. The van der Waals surface area contributed by atoms with Crippen LogP contribution in [0.3, 0.4) is 0 Å². The summed E-state index contributed by atoms with van der Waals surface area (Å²) < 4.78 is 37.4. The predicted octanol–water partition coefficient (Wildman–Crippen LogP) is 33.5. The molecule has 0 aromatic heterocycles. The Morgan fingerprint density at radius 1 is 0.356 bits per heavy atom. The Balaban J connectivity index is -0.000000109. The van der Waals surface area contributed by atoms with E-state index in [0.29, 0.717) is 35.0 Å². The molecule has 0 spiro atoms. The van der Waals surface area contributed by atoms with Crippen molar-refractivity contribution in [1.29, 1.82) is 0 Å². The van der Waals surface area contributed by atoms with Gasteiger partial charge in [-0.05, 0) is 114 Å². The fourth-order valence-electron chi connectivity index (χ4n) is 8.84. The normalized spacial score (nSPS) is 20.7. The first-order chi connectivity index (χ1) is 40.2. The van der Waals surface area contributed by atoms with Crippen LogP contribution < -0.4 is 0 Å². The van der Waals surface area contributed by atoms with Crippen LogP contribution in [0.5, 0.6) is 0 Å². The summed E-state index contributed by atoms with van der Waals surface area (Å²) in [4.78, 5) is 0. The van der Waals surface area contributed by atoms with E-state index in [0.717, 1.165) is 66.1 Å². The molecule has 7 saturated carbocycles. The van der Waals surface area contributed by atoms with Crippen molar-refractivity contribution in [2.24, 2.45) is 80.8 Å². The van der Waals surface area contributed by atoms with E-state index in [-0.39, 0.29) is 0 Å². The van der Waals surface area contributed by atoms with Gasteiger partial charge in [0.25, 0.3) is 0 Å². The van der Waals surface area contributed by atoms with Crippen LogP contribution in [0.15, 0.2) is 0 Å². The largest absolute Gasteiger partial charge is 0.394 e. The molecule has 540 valence electrons. The van der Waals surface area contributed by atoms with Gasteiger partial charge in [0.1, 0.15) is 0 Å². The Bertz CT molecular complexity index is 1150. The van der Waals surface area contributed by atoms with Gasteiger partial charge in [-0.2, -0.15) is 13.2 Å². The van der Waals surface area contributed by atoms with Gasteiger partial charge >= 0.3 is 6.18 Å². The van der Waals surface area contributed by atoms with E-state index in [1.807, 2.05) is 48.5 Å². The van der Waals surface area contributed by atoms with Gasteiger partial charge in [-0.3, -0.25) is 0 Å². The van der Waals surface area contributed by atoms with Gasteiger partial charge < -0.3 is 0 Å². The molecule has 0 atom stereocenters. The van der Waals surface area contributed by atoms with Gasteiger partial charge in [0.05, 0.1) is 5.41 Å². The number of rotatable bonds is 4. The molecule has 0 nitrogen and oxygen atoms in total. The van der Waals surface area contributed by atoms with Gasteiger partial charge in [-0.15, -0.1) is 0 Å². The van der Waals surface area contributed by atoms with Crippen molar-refractivity contribution in [1.82, 2.24) is 0 Å². The van der Waals surface area contributed by atoms with Crippen LogP contribution >= 0.6 is 0 Å². The van der Waals surface area contributed by atoms with E-state index in [2.05, 4.69) is 187 Å². The van der Waals surface area contributed by atoms with E-state index >= 15 is 0 Å². The summed E-state index contributed by atoms with van der Waals surface area (Å²) in [6, 6.07) is 0. The van der Waals surface area contributed by atoms with Crippen LogP contribution in [0.2, 0.25) is 0 Å². The Hall–Kier alpha value is -0.210. The van der Waals surface area contributed by atoms with E-state index in [4.69, 9.17) is 0 Å². The zero-order chi connectivity index (χ0) is 70.3. The van der Waals surface area contributed by atoms with Gasteiger partial charge in [0.2, 0.25) is 0 Å². The van der Waals surface area contributed by atoms with Crippen molar-refractivity contribution in [3.63, 3.8) is 0 Å². The number of hydrogen-bond donors (Lipinski definition) is 0. The van der Waals surface area contributed by atoms with Gasteiger partial charge in [-0.1, -0.05) is 422 Å². The van der Waals surface area contributed by atoms with Crippen molar-refractivity contribution in [2.45, 2.75) is 467 Å². The lowest BCUT2D eigenvalue weighted by Crippen LogP contribution is -2.38. The highest BCUT2D eigenvalue weighted by Gasteiger charge is 2.51. The van der Waals surface area contributed by atoms with Crippen LogP contribution in [-0.4, -0.2) is 6.18 Å². The van der Waals surface area contributed by atoms with Crippen LogP contribution in [0.1, 0.15) is 461 Å².